The molecule has 0 bridgehead atoms. The summed E-state index contributed by atoms with van der Waals surface area (Å²) in [7, 11) is -1.40. The maximum atomic E-state index is 11.3. The number of methoxy groups -OCH3 is 1. The first kappa shape index (κ1) is 15.0. The van der Waals surface area contributed by atoms with Crippen LogP contribution in [-0.2, 0) is 16.4 Å². The number of sulfone groups is 1. The van der Waals surface area contributed by atoms with Crippen molar-refractivity contribution in [3.05, 3.63) is 38.1 Å². The number of hydrogen-bond donors (Lipinski definition) is 1. The zero-order valence-corrected chi connectivity index (χ0v) is 14.2. The second kappa shape index (κ2) is 5.95. The van der Waals surface area contributed by atoms with Crippen molar-refractivity contribution >= 4 is 41.7 Å². The van der Waals surface area contributed by atoms with Gasteiger partial charge < -0.3 is 10.1 Å². The average Bonchev–Trinajstić information content (AvgIpc) is 2.66. The van der Waals surface area contributed by atoms with Crippen LogP contribution >= 0.6 is 31.9 Å². The van der Waals surface area contributed by atoms with E-state index in [-0.39, 0.29) is 11.8 Å². The van der Waals surface area contributed by atoms with E-state index in [1.807, 2.05) is 12.1 Å². The van der Waals surface area contributed by atoms with Gasteiger partial charge in [-0.05, 0) is 49.6 Å². The van der Waals surface area contributed by atoms with Crippen LogP contribution in [0.25, 0.3) is 0 Å². The van der Waals surface area contributed by atoms with Crippen LogP contribution in [0.5, 0.6) is 5.75 Å². The summed E-state index contributed by atoms with van der Waals surface area (Å²) in [5, 5.41) is 4.47. The third-order valence-electron chi connectivity index (χ3n) is 2.76. The minimum absolute atomic E-state index is 0.121. The molecule has 1 unspecified atom stereocenters. The van der Waals surface area contributed by atoms with Crippen LogP contribution in [-0.4, -0.2) is 27.3 Å². The van der Waals surface area contributed by atoms with E-state index in [0.29, 0.717) is 6.54 Å². The molecule has 4 nitrogen and oxygen atoms in total. The van der Waals surface area contributed by atoms with Crippen molar-refractivity contribution in [1.29, 1.82) is 0 Å². The highest BCUT2D eigenvalue weighted by Crippen LogP contribution is 2.34. The molecular formula is C12H13Br2NO3S. The lowest BCUT2D eigenvalue weighted by molar-refractivity contribution is 0.409. The number of nitrogens with one attached hydrogen (secondary N) is 1. The third kappa shape index (κ3) is 3.81. The van der Waals surface area contributed by atoms with Crippen molar-refractivity contribution in [2.75, 3.05) is 12.9 Å². The lowest BCUT2D eigenvalue weighted by Gasteiger charge is -2.12. The SMILES string of the molecule is COc1c(Br)cc(CNC2C=CS(=O)(=O)C2)cc1Br. The molecule has 1 aliphatic rings. The Hall–Kier alpha value is -0.370. The van der Waals surface area contributed by atoms with Gasteiger partial charge in [0.2, 0.25) is 0 Å². The molecule has 0 amide bonds. The summed E-state index contributed by atoms with van der Waals surface area (Å²) in [6.45, 7) is 0.589. The highest BCUT2D eigenvalue weighted by molar-refractivity contribution is 9.11. The number of rotatable bonds is 4. The van der Waals surface area contributed by atoms with Crippen LogP contribution in [0.4, 0.5) is 0 Å². The van der Waals surface area contributed by atoms with Gasteiger partial charge in [-0.1, -0.05) is 6.08 Å². The zero-order valence-electron chi connectivity index (χ0n) is 10.2. The van der Waals surface area contributed by atoms with E-state index in [2.05, 4.69) is 37.2 Å². The summed E-state index contributed by atoms with van der Waals surface area (Å²) in [4.78, 5) is 0. The molecule has 1 aromatic carbocycles. The summed E-state index contributed by atoms with van der Waals surface area (Å²) in [6, 6.07) is 3.78. The molecule has 1 aromatic rings. The fourth-order valence-electron chi connectivity index (χ4n) is 1.86. The van der Waals surface area contributed by atoms with Crippen LogP contribution < -0.4 is 10.1 Å². The number of hydrogen-bond acceptors (Lipinski definition) is 4. The van der Waals surface area contributed by atoms with Gasteiger partial charge in [-0.3, -0.25) is 0 Å². The maximum Gasteiger partial charge on any atom is 0.173 e. The van der Waals surface area contributed by atoms with Crippen molar-refractivity contribution in [3.63, 3.8) is 0 Å². The van der Waals surface area contributed by atoms with Crippen LogP contribution in [0.15, 0.2) is 32.6 Å². The number of benzene rings is 1. The predicted molar refractivity (Wildman–Crippen MR) is 81.9 cm³/mol. The Morgan fingerprint density at radius 2 is 2.00 bits per heavy atom. The molecule has 1 atom stereocenters. The monoisotopic (exact) mass is 409 g/mol. The van der Waals surface area contributed by atoms with E-state index >= 15 is 0 Å². The minimum Gasteiger partial charge on any atom is -0.494 e. The lowest BCUT2D eigenvalue weighted by Crippen LogP contribution is -2.29. The summed E-state index contributed by atoms with van der Waals surface area (Å²) in [5.41, 5.74) is 1.04. The van der Waals surface area contributed by atoms with Gasteiger partial charge in [0.1, 0.15) is 5.75 Å². The second-order valence-electron chi connectivity index (χ2n) is 4.24. The molecule has 2 rings (SSSR count). The third-order valence-corrected chi connectivity index (χ3v) is 5.33. The summed E-state index contributed by atoms with van der Waals surface area (Å²) >= 11 is 6.87. The van der Waals surface area contributed by atoms with E-state index in [9.17, 15) is 8.42 Å². The molecule has 1 heterocycles. The highest BCUT2D eigenvalue weighted by atomic mass is 79.9. The van der Waals surface area contributed by atoms with Gasteiger partial charge in [-0.15, -0.1) is 0 Å². The van der Waals surface area contributed by atoms with Gasteiger partial charge in [0.15, 0.2) is 9.84 Å². The Balaban J connectivity index is 2.03. The highest BCUT2D eigenvalue weighted by Gasteiger charge is 2.21. The molecule has 104 valence electrons. The topological polar surface area (TPSA) is 55.4 Å². The molecule has 19 heavy (non-hydrogen) atoms. The normalized spacial score (nSPS) is 20.7. The first-order valence-electron chi connectivity index (χ1n) is 5.57. The average molecular weight is 411 g/mol. The van der Waals surface area contributed by atoms with Crippen LogP contribution in [0.2, 0.25) is 0 Å². The van der Waals surface area contributed by atoms with Crippen LogP contribution in [0.3, 0.4) is 0 Å². The molecule has 1 aliphatic heterocycles. The molecule has 0 saturated carbocycles. The number of ether oxygens (including phenoxy) is 1. The Kier molecular flexibility index (Phi) is 4.70. The van der Waals surface area contributed by atoms with Crippen LogP contribution in [0.1, 0.15) is 5.56 Å². The first-order chi connectivity index (χ1) is 8.91. The summed E-state index contributed by atoms with van der Waals surface area (Å²) in [6.07, 6.45) is 1.68. The Bertz CT molecular complexity index is 590. The van der Waals surface area contributed by atoms with Crippen LogP contribution in [0, 0.1) is 0 Å². The second-order valence-corrected chi connectivity index (χ2v) is 7.88. The van der Waals surface area contributed by atoms with Crippen molar-refractivity contribution in [1.82, 2.24) is 5.32 Å². The summed E-state index contributed by atoms with van der Waals surface area (Å²) in [5.74, 6) is 0.873. The fourth-order valence-corrected chi connectivity index (χ4v) is 4.74. The van der Waals surface area contributed by atoms with Gasteiger partial charge >= 0.3 is 0 Å². The van der Waals surface area contributed by atoms with Gasteiger partial charge in [-0.2, -0.15) is 0 Å². The van der Waals surface area contributed by atoms with E-state index in [1.165, 1.54) is 5.41 Å². The molecule has 1 N–H and O–H groups in total. The van der Waals surface area contributed by atoms with Gasteiger partial charge in [-0.25, -0.2) is 8.42 Å². The van der Waals surface area contributed by atoms with Crippen molar-refractivity contribution < 1.29 is 13.2 Å². The maximum absolute atomic E-state index is 11.3. The Labute approximate surface area is 129 Å². The van der Waals surface area contributed by atoms with Crippen molar-refractivity contribution in [2.45, 2.75) is 12.6 Å². The molecule has 0 aromatic heterocycles. The first-order valence-corrected chi connectivity index (χ1v) is 8.87. The van der Waals surface area contributed by atoms with Crippen molar-refractivity contribution in [2.24, 2.45) is 0 Å². The zero-order chi connectivity index (χ0) is 14.0. The Morgan fingerprint density at radius 1 is 1.37 bits per heavy atom. The lowest BCUT2D eigenvalue weighted by atomic mass is 10.2. The van der Waals surface area contributed by atoms with E-state index < -0.39 is 9.84 Å². The number of halogens is 2. The van der Waals surface area contributed by atoms with E-state index in [0.717, 1.165) is 20.3 Å². The predicted octanol–water partition coefficient (Wildman–Crippen LogP) is 2.62. The van der Waals surface area contributed by atoms with E-state index in [4.69, 9.17) is 4.74 Å². The molecular weight excluding hydrogens is 398 g/mol. The molecule has 7 heteroatoms. The summed E-state index contributed by atoms with van der Waals surface area (Å²) < 4.78 is 29.5. The largest absolute Gasteiger partial charge is 0.494 e. The van der Waals surface area contributed by atoms with Gasteiger partial charge in [0.05, 0.1) is 21.8 Å². The quantitative estimate of drug-likeness (QED) is 0.828. The Morgan fingerprint density at radius 3 is 2.47 bits per heavy atom. The molecule has 0 aliphatic carbocycles. The molecule has 0 fully saturated rings. The molecule has 0 saturated heterocycles. The van der Waals surface area contributed by atoms with Gasteiger partial charge in [0, 0.05) is 18.0 Å². The van der Waals surface area contributed by atoms with Gasteiger partial charge in [0.25, 0.3) is 0 Å². The minimum atomic E-state index is -3.01. The smallest absolute Gasteiger partial charge is 0.173 e. The van der Waals surface area contributed by atoms with E-state index in [1.54, 1.807) is 13.2 Å². The molecule has 0 radical (unpaired) electrons. The molecule has 0 spiro atoms. The standard InChI is InChI=1S/C12H13Br2NO3S/c1-18-12-10(13)4-8(5-11(12)14)6-15-9-2-3-19(16,17)7-9/h2-5,9,15H,6-7H2,1H3. The van der Waals surface area contributed by atoms with Crippen molar-refractivity contribution in [3.8, 4) is 5.75 Å². The fraction of sp³-hybridized carbons (Fsp3) is 0.333.